The van der Waals surface area contributed by atoms with E-state index in [-0.39, 0.29) is 48.0 Å². The molecule has 2 N–H and O–H groups in total. The third-order valence-electron chi connectivity index (χ3n) is 22.8. The van der Waals surface area contributed by atoms with Gasteiger partial charge in [0, 0.05) is 82.7 Å². The van der Waals surface area contributed by atoms with Crippen LogP contribution < -0.4 is 29.4 Å². The Labute approximate surface area is 720 Å². The lowest BCUT2D eigenvalue weighted by molar-refractivity contribution is 0.397. The van der Waals surface area contributed by atoms with Crippen LogP contribution in [0.5, 0.6) is 28.7 Å². The van der Waals surface area contributed by atoms with E-state index in [1.165, 1.54) is 11.6 Å². The summed E-state index contributed by atoms with van der Waals surface area (Å²) in [6.07, 6.45) is 3.52. The average molecular weight is 1680 g/mol. The first-order chi connectivity index (χ1) is 59.4. The van der Waals surface area contributed by atoms with Crippen LogP contribution in [-0.4, -0.2) is 4.98 Å². The fourth-order valence-corrected chi connectivity index (χ4v) is 17.4. The summed E-state index contributed by atoms with van der Waals surface area (Å²) in [5.74, 6) is 3.57. The van der Waals surface area contributed by atoms with Crippen molar-refractivity contribution in [3.63, 3.8) is 0 Å². The molecule has 15 aromatic rings. The van der Waals surface area contributed by atoms with E-state index in [1.807, 2.05) is 160 Å². The molecule has 0 saturated heterocycles. The number of hydrogen-bond donors (Lipinski definition) is 1. The molecule has 0 amide bonds. The highest BCUT2D eigenvalue weighted by Gasteiger charge is 2.38. The van der Waals surface area contributed by atoms with Gasteiger partial charge in [-0.05, 0) is 125 Å². The van der Waals surface area contributed by atoms with Crippen molar-refractivity contribution in [1.82, 2.24) is 4.98 Å². The molecule has 1 aromatic heterocycles. The van der Waals surface area contributed by atoms with Crippen LogP contribution in [0.25, 0.3) is 53.9 Å². The van der Waals surface area contributed by atoms with Crippen LogP contribution in [0, 0.1) is 74.1 Å². The monoisotopic (exact) mass is 1680 g/mol. The summed E-state index contributed by atoms with van der Waals surface area (Å²) in [7, 11) is 0. The summed E-state index contributed by atoms with van der Waals surface area (Å²) in [4.78, 5) is 4.09. The molecule has 0 aliphatic carbocycles. The van der Waals surface area contributed by atoms with Crippen LogP contribution in [0.15, 0.2) is 359 Å². The highest BCUT2D eigenvalue weighted by atomic mass is 79.9. The number of fused-ring (bicyclic) bond motifs is 15. The number of allylic oxidation sites excluding steroid dienone is 9. The van der Waals surface area contributed by atoms with Gasteiger partial charge in [-0.2, -0.15) is 26.3 Å². The summed E-state index contributed by atoms with van der Waals surface area (Å²) in [5, 5.41) is 58.6. The van der Waals surface area contributed by atoms with Gasteiger partial charge in [0.1, 0.15) is 80.9 Å². The van der Waals surface area contributed by atoms with Crippen molar-refractivity contribution in [2.24, 2.45) is 5.73 Å². The minimum atomic E-state index is -0.825. The topological polar surface area (TPSA) is 204 Å². The number of pyridine rings is 1. The Hall–Kier alpha value is -15.3. The highest BCUT2D eigenvalue weighted by molar-refractivity contribution is 9.10. The first-order valence-corrected chi connectivity index (χ1v) is 40.4. The highest BCUT2D eigenvalue weighted by Crippen LogP contribution is 2.53. The molecule has 0 fully saturated rings. The summed E-state index contributed by atoms with van der Waals surface area (Å²) >= 11 is 3.64. The lowest BCUT2D eigenvalue weighted by atomic mass is 9.81. The maximum absolute atomic E-state index is 14.4. The number of rotatable bonds is 6. The molecule has 5 unspecified atom stereocenters. The SMILES string of the molecule is C.CC1=C(C#N)C(c2ccc(C(C)C)cc2)c2ccc3ccccc3c2O1.CC1=C(C#N)C(c2ccccc2Br)c2ccc3ccccc3c2O1.CC1=C(C#N)C(c2ccccc2F)c2ccc3ccccc3c2O1.CC1=C(C#N)C(c2ccncc2)c2ccc3ccccc3c2O1.N#CC1=C(N)Oc2c(ccc3ccccc23)C1c1cc(F)ccc1F. The van der Waals surface area contributed by atoms with Crippen molar-refractivity contribution in [3.8, 4) is 59.1 Å². The standard InChI is InChI=1S/C24H21NO.C21H14BrNO.C21H14FNO.C20H12F2N2O.C20H14N2O.CH4/c1-15(2)17-8-10-19(11-9-17)23-21-13-12-18-6-4-5-7-20(18)24(21)26-16(3)22(23)14-25;2*1-13-18(12-23)20(16-8-4-5-9-19(16)22)17-11-10-14-6-2-3-7-15(14)21(17)24-13;21-12-6-8-17(22)15(9-12)18-14-7-5-11-3-1-2-4-13(11)19(14)25-20(24)16(18)10-23;1-13-18(12-21)19(15-8-10-22-11-9-15)17-7-6-14-4-2-3-5-16(14)20(17)23-13;/h4-13,15,23H,1-3H3;2*2-11,20H,1H3;1-9,18H,24H2;2-11,19H,1H3;1H4. The van der Waals surface area contributed by atoms with Crippen LogP contribution in [0.3, 0.4) is 0 Å². The van der Waals surface area contributed by atoms with Crippen molar-refractivity contribution >= 4 is 69.8 Å². The summed E-state index contributed by atoms with van der Waals surface area (Å²) in [6.45, 7) is 11.8. The first kappa shape index (κ1) is 82.8. The molecule has 6 heterocycles. The quantitative estimate of drug-likeness (QED) is 0.165. The Balaban J connectivity index is 0.000000119. The van der Waals surface area contributed by atoms with E-state index in [4.69, 9.17) is 29.4 Å². The zero-order valence-electron chi connectivity index (χ0n) is 67.1. The molecular formula is C107H79BrF3N7O5. The molecule has 14 aromatic carbocycles. The predicted octanol–water partition coefficient (Wildman–Crippen LogP) is 27.0. The molecule has 123 heavy (non-hydrogen) atoms. The Kier molecular flexibility index (Phi) is 24.1. The largest absolute Gasteiger partial charge is 0.460 e. The van der Waals surface area contributed by atoms with Crippen molar-refractivity contribution in [1.29, 1.82) is 26.3 Å². The Morgan fingerprint density at radius 2 is 0.634 bits per heavy atom. The van der Waals surface area contributed by atoms with Crippen molar-refractivity contribution < 1.29 is 36.9 Å². The van der Waals surface area contributed by atoms with Crippen molar-refractivity contribution in [2.45, 2.75) is 84.5 Å². The third kappa shape index (κ3) is 15.9. The van der Waals surface area contributed by atoms with Gasteiger partial charge in [0.05, 0.1) is 76.2 Å². The lowest BCUT2D eigenvalue weighted by Crippen LogP contribution is -2.22. The molecule has 5 aliphatic heterocycles. The number of hydrogen-bond acceptors (Lipinski definition) is 12. The Bertz CT molecular complexity index is 6970. The summed E-state index contributed by atoms with van der Waals surface area (Å²) in [5.41, 5.74) is 18.1. The number of halogens is 4. The molecular weight excluding hydrogens is 1600 g/mol. The van der Waals surface area contributed by atoms with Gasteiger partial charge in [-0.1, -0.05) is 280 Å². The number of aromatic nitrogens is 1. The Morgan fingerprint density at radius 3 is 1.01 bits per heavy atom. The molecule has 0 saturated carbocycles. The molecule has 0 bridgehead atoms. The second kappa shape index (κ2) is 35.7. The molecule has 5 atom stereocenters. The van der Waals surface area contributed by atoms with E-state index in [2.05, 4.69) is 162 Å². The van der Waals surface area contributed by atoms with Gasteiger partial charge >= 0.3 is 0 Å². The van der Waals surface area contributed by atoms with Gasteiger partial charge in [0.2, 0.25) is 5.88 Å². The molecule has 16 heteroatoms. The van der Waals surface area contributed by atoms with Crippen LogP contribution in [0.4, 0.5) is 13.2 Å². The second-order valence-electron chi connectivity index (χ2n) is 30.2. The zero-order chi connectivity index (χ0) is 85.0. The number of ether oxygens (including phenoxy) is 5. The van der Waals surface area contributed by atoms with Gasteiger partial charge in [0.25, 0.3) is 0 Å². The minimum absolute atomic E-state index is 0. The number of benzene rings is 14. The van der Waals surface area contributed by atoms with Gasteiger partial charge < -0.3 is 29.4 Å². The molecule has 12 nitrogen and oxygen atoms in total. The van der Waals surface area contributed by atoms with Gasteiger partial charge in [-0.15, -0.1) is 0 Å². The normalized spacial score (nSPS) is 16.3. The van der Waals surface area contributed by atoms with Gasteiger partial charge in [0.15, 0.2) is 0 Å². The van der Waals surface area contributed by atoms with Gasteiger partial charge in [-0.25, -0.2) is 13.2 Å². The number of nitrogens with zero attached hydrogens (tertiary/aromatic N) is 6. The molecule has 0 radical (unpaired) electrons. The van der Waals surface area contributed by atoms with E-state index in [0.717, 1.165) is 133 Å². The van der Waals surface area contributed by atoms with Crippen molar-refractivity contribution in [2.75, 3.05) is 0 Å². The number of nitrogens with two attached hydrogens (primary N) is 1. The maximum Gasteiger partial charge on any atom is 0.205 e. The van der Waals surface area contributed by atoms with E-state index in [9.17, 15) is 39.5 Å². The molecule has 600 valence electrons. The fourth-order valence-electron chi connectivity index (χ4n) is 16.9. The molecule has 20 rings (SSSR count). The van der Waals surface area contributed by atoms with E-state index in [1.54, 1.807) is 43.6 Å². The smallest absolute Gasteiger partial charge is 0.205 e. The zero-order valence-corrected chi connectivity index (χ0v) is 68.7. The van der Waals surface area contributed by atoms with E-state index in [0.29, 0.717) is 73.9 Å². The first-order valence-electron chi connectivity index (χ1n) is 39.6. The Morgan fingerprint density at radius 1 is 0.325 bits per heavy atom. The third-order valence-corrected chi connectivity index (χ3v) is 23.6. The van der Waals surface area contributed by atoms with E-state index < -0.39 is 23.5 Å². The van der Waals surface area contributed by atoms with Crippen LogP contribution >= 0.6 is 15.9 Å². The molecule has 0 spiro atoms. The van der Waals surface area contributed by atoms with Crippen LogP contribution in [0.2, 0.25) is 0 Å². The second-order valence-corrected chi connectivity index (χ2v) is 31.1. The lowest BCUT2D eigenvalue weighted by Gasteiger charge is -2.28. The average Bonchev–Trinajstić information content (AvgIpc) is 0.765. The molecule has 5 aliphatic rings. The predicted molar refractivity (Wildman–Crippen MR) is 481 cm³/mol. The van der Waals surface area contributed by atoms with Gasteiger partial charge in [-0.3, -0.25) is 4.98 Å². The fraction of sp³-hybridized carbons (Fsp3) is 0.121. The van der Waals surface area contributed by atoms with E-state index >= 15 is 0 Å². The maximum atomic E-state index is 14.4. The van der Waals surface area contributed by atoms with Crippen LogP contribution in [0.1, 0.15) is 146 Å². The number of nitriles is 5. The minimum Gasteiger partial charge on any atom is -0.460 e. The summed E-state index contributed by atoms with van der Waals surface area (Å²) in [6, 6.07) is 102. The van der Waals surface area contributed by atoms with Crippen LogP contribution in [-0.2, 0) is 0 Å². The summed E-state index contributed by atoms with van der Waals surface area (Å²) < 4.78 is 73.5. The van der Waals surface area contributed by atoms with Crippen molar-refractivity contribution in [3.05, 3.63) is 437 Å².